The summed E-state index contributed by atoms with van der Waals surface area (Å²) in [7, 11) is 0. The van der Waals surface area contributed by atoms with Crippen molar-refractivity contribution in [3.63, 3.8) is 0 Å². The second kappa shape index (κ2) is 4.97. The molecule has 0 atom stereocenters. The van der Waals surface area contributed by atoms with E-state index < -0.39 is 0 Å². The minimum atomic E-state index is -0.216. The molecule has 0 saturated carbocycles. The fourth-order valence-corrected chi connectivity index (χ4v) is 2.29. The standard InChI is InChI=1S/C14H11BrN4O/c15-10-7-17-4-3-12(10)19-14(20)13-6-8-5-9(16)1-2-11(8)18-13/h1-7,18H,16H2,(H,17,19,20). The zero-order valence-corrected chi connectivity index (χ0v) is 11.9. The van der Waals surface area contributed by atoms with E-state index in [1.165, 1.54) is 0 Å². The van der Waals surface area contributed by atoms with E-state index in [2.05, 4.69) is 31.2 Å². The molecule has 2 aromatic heterocycles. The highest BCUT2D eigenvalue weighted by Crippen LogP contribution is 2.22. The quantitative estimate of drug-likeness (QED) is 0.631. The number of nitrogen functional groups attached to an aromatic ring is 1. The van der Waals surface area contributed by atoms with Crippen molar-refractivity contribution in [3.8, 4) is 0 Å². The first-order chi connectivity index (χ1) is 9.63. The molecule has 0 spiro atoms. The van der Waals surface area contributed by atoms with Crippen LogP contribution in [0.3, 0.4) is 0 Å². The summed E-state index contributed by atoms with van der Waals surface area (Å²) >= 11 is 3.34. The van der Waals surface area contributed by atoms with E-state index in [9.17, 15) is 4.79 Å². The SMILES string of the molecule is Nc1ccc2[nH]c(C(=O)Nc3ccncc3Br)cc2c1. The largest absolute Gasteiger partial charge is 0.399 e. The van der Waals surface area contributed by atoms with Crippen molar-refractivity contribution in [3.05, 3.63) is 52.9 Å². The highest BCUT2D eigenvalue weighted by atomic mass is 79.9. The van der Waals surface area contributed by atoms with Crippen LogP contribution in [-0.4, -0.2) is 15.9 Å². The Kier molecular flexibility index (Phi) is 3.15. The van der Waals surface area contributed by atoms with Crippen LogP contribution in [0.25, 0.3) is 10.9 Å². The fourth-order valence-electron chi connectivity index (χ4n) is 1.94. The average molecular weight is 331 g/mol. The van der Waals surface area contributed by atoms with Gasteiger partial charge >= 0.3 is 0 Å². The number of halogens is 1. The summed E-state index contributed by atoms with van der Waals surface area (Å²) in [6.07, 6.45) is 3.24. The lowest BCUT2D eigenvalue weighted by molar-refractivity contribution is 0.102. The molecule has 0 bridgehead atoms. The predicted molar refractivity (Wildman–Crippen MR) is 82.6 cm³/mol. The van der Waals surface area contributed by atoms with Gasteiger partial charge in [0.15, 0.2) is 0 Å². The number of aromatic amines is 1. The van der Waals surface area contributed by atoms with Crippen molar-refractivity contribution in [1.29, 1.82) is 0 Å². The maximum Gasteiger partial charge on any atom is 0.272 e. The van der Waals surface area contributed by atoms with Crippen molar-refractivity contribution in [2.24, 2.45) is 0 Å². The number of hydrogen-bond donors (Lipinski definition) is 3. The van der Waals surface area contributed by atoms with Crippen molar-refractivity contribution >= 4 is 44.1 Å². The number of nitrogens with two attached hydrogens (primary N) is 1. The maximum absolute atomic E-state index is 12.2. The summed E-state index contributed by atoms with van der Waals surface area (Å²) in [5.74, 6) is -0.216. The average Bonchev–Trinajstić information content (AvgIpc) is 2.84. The number of nitrogens with zero attached hydrogens (tertiary/aromatic N) is 1. The number of nitrogens with one attached hydrogen (secondary N) is 2. The molecule has 20 heavy (non-hydrogen) atoms. The number of pyridine rings is 1. The van der Waals surface area contributed by atoms with E-state index in [0.29, 0.717) is 17.1 Å². The molecule has 1 amide bonds. The number of carbonyl (C=O) groups excluding carboxylic acids is 1. The smallest absolute Gasteiger partial charge is 0.272 e. The van der Waals surface area contributed by atoms with E-state index in [0.717, 1.165) is 15.4 Å². The fraction of sp³-hybridized carbons (Fsp3) is 0. The Hall–Kier alpha value is -2.34. The predicted octanol–water partition coefficient (Wildman–Crippen LogP) is 3.16. The van der Waals surface area contributed by atoms with Gasteiger partial charge in [-0.2, -0.15) is 0 Å². The maximum atomic E-state index is 12.2. The first-order valence-corrected chi connectivity index (χ1v) is 6.72. The number of amides is 1. The number of rotatable bonds is 2. The van der Waals surface area contributed by atoms with Crippen LogP contribution < -0.4 is 11.1 Å². The van der Waals surface area contributed by atoms with Gasteiger partial charge in [-0.3, -0.25) is 9.78 Å². The van der Waals surface area contributed by atoms with Crippen LogP contribution in [-0.2, 0) is 0 Å². The monoisotopic (exact) mass is 330 g/mol. The molecule has 0 aliphatic rings. The number of hydrogen-bond acceptors (Lipinski definition) is 3. The third-order valence-electron chi connectivity index (χ3n) is 2.91. The molecule has 0 unspecified atom stereocenters. The van der Waals surface area contributed by atoms with Crippen LogP contribution in [0.15, 0.2) is 47.2 Å². The Bertz CT molecular complexity index is 797. The number of carbonyl (C=O) groups is 1. The zero-order valence-electron chi connectivity index (χ0n) is 10.4. The van der Waals surface area contributed by atoms with Gasteiger partial charge in [0.1, 0.15) is 5.69 Å². The second-order valence-electron chi connectivity index (χ2n) is 4.34. The van der Waals surface area contributed by atoms with E-state index in [1.807, 2.05) is 12.1 Å². The molecular weight excluding hydrogens is 320 g/mol. The summed E-state index contributed by atoms with van der Waals surface area (Å²) in [4.78, 5) is 19.2. The molecule has 5 nitrogen and oxygen atoms in total. The van der Waals surface area contributed by atoms with Crippen LogP contribution in [0, 0.1) is 0 Å². The van der Waals surface area contributed by atoms with E-state index in [4.69, 9.17) is 5.73 Å². The molecule has 100 valence electrons. The van der Waals surface area contributed by atoms with Crippen LogP contribution in [0.5, 0.6) is 0 Å². The minimum absolute atomic E-state index is 0.216. The van der Waals surface area contributed by atoms with Crippen LogP contribution in [0.1, 0.15) is 10.5 Å². The molecule has 2 heterocycles. The Morgan fingerprint density at radius 3 is 2.95 bits per heavy atom. The van der Waals surface area contributed by atoms with Crippen molar-refractivity contribution in [2.75, 3.05) is 11.1 Å². The summed E-state index contributed by atoms with van der Waals surface area (Å²) in [5, 5.41) is 3.72. The van der Waals surface area contributed by atoms with E-state index in [1.54, 1.807) is 30.6 Å². The van der Waals surface area contributed by atoms with E-state index >= 15 is 0 Å². The Morgan fingerprint density at radius 2 is 2.15 bits per heavy atom. The van der Waals surface area contributed by atoms with Crippen LogP contribution >= 0.6 is 15.9 Å². The molecule has 0 aliphatic carbocycles. The molecule has 0 fully saturated rings. The van der Waals surface area contributed by atoms with Gasteiger partial charge in [-0.05, 0) is 46.3 Å². The molecule has 0 radical (unpaired) electrons. The lowest BCUT2D eigenvalue weighted by Crippen LogP contribution is -2.12. The first-order valence-electron chi connectivity index (χ1n) is 5.92. The molecule has 0 saturated heterocycles. The number of fused-ring (bicyclic) bond motifs is 1. The number of H-pyrrole nitrogens is 1. The van der Waals surface area contributed by atoms with Gasteiger partial charge in [-0.1, -0.05) is 0 Å². The van der Waals surface area contributed by atoms with Gasteiger partial charge in [0.05, 0.1) is 10.2 Å². The summed E-state index contributed by atoms with van der Waals surface area (Å²) in [6, 6.07) is 8.97. The Labute approximate surface area is 123 Å². The molecule has 3 rings (SSSR count). The van der Waals surface area contributed by atoms with Gasteiger partial charge in [-0.25, -0.2) is 0 Å². The molecule has 1 aromatic carbocycles. The summed E-state index contributed by atoms with van der Waals surface area (Å²) in [5.41, 5.74) is 8.42. The van der Waals surface area contributed by atoms with Crippen LogP contribution in [0.2, 0.25) is 0 Å². The Morgan fingerprint density at radius 1 is 1.30 bits per heavy atom. The third-order valence-corrected chi connectivity index (χ3v) is 3.54. The van der Waals surface area contributed by atoms with Gasteiger partial charge in [0.2, 0.25) is 0 Å². The van der Waals surface area contributed by atoms with Crippen molar-refractivity contribution in [2.45, 2.75) is 0 Å². The number of benzene rings is 1. The van der Waals surface area contributed by atoms with Gasteiger partial charge in [-0.15, -0.1) is 0 Å². The number of anilines is 2. The van der Waals surface area contributed by atoms with Gasteiger partial charge in [0.25, 0.3) is 5.91 Å². The highest BCUT2D eigenvalue weighted by Gasteiger charge is 2.11. The molecule has 0 aliphatic heterocycles. The molecule has 6 heteroatoms. The molecule has 4 N–H and O–H groups in total. The minimum Gasteiger partial charge on any atom is -0.399 e. The topological polar surface area (TPSA) is 83.8 Å². The van der Waals surface area contributed by atoms with Crippen molar-refractivity contribution < 1.29 is 4.79 Å². The zero-order chi connectivity index (χ0) is 14.1. The lowest BCUT2D eigenvalue weighted by Gasteiger charge is -2.04. The van der Waals surface area contributed by atoms with Gasteiger partial charge < -0.3 is 16.0 Å². The van der Waals surface area contributed by atoms with E-state index in [-0.39, 0.29) is 5.91 Å². The lowest BCUT2D eigenvalue weighted by atomic mass is 10.2. The summed E-state index contributed by atoms with van der Waals surface area (Å²) in [6.45, 7) is 0. The summed E-state index contributed by atoms with van der Waals surface area (Å²) < 4.78 is 0.730. The third kappa shape index (κ3) is 2.37. The molecule has 3 aromatic rings. The van der Waals surface area contributed by atoms with Gasteiger partial charge in [0, 0.05) is 29.0 Å². The number of aromatic nitrogens is 2. The molecular formula is C14H11BrN4O. The normalized spacial score (nSPS) is 10.7. The second-order valence-corrected chi connectivity index (χ2v) is 5.19. The first kappa shape index (κ1) is 12.7. The highest BCUT2D eigenvalue weighted by molar-refractivity contribution is 9.10. The van der Waals surface area contributed by atoms with Crippen LogP contribution in [0.4, 0.5) is 11.4 Å². The van der Waals surface area contributed by atoms with Crippen molar-refractivity contribution in [1.82, 2.24) is 9.97 Å². The Balaban J connectivity index is 1.91.